The predicted molar refractivity (Wildman–Crippen MR) is 106 cm³/mol. The van der Waals surface area contributed by atoms with Crippen LogP contribution in [0.1, 0.15) is 35.2 Å². The SMILES string of the molecule is Cc1cncc(C(=O)N2CCCC3(CC2)CN(c2ccc(F)cc2)C(=O)CO3)c1. The highest BCUT2D eigenvalue weighted by atomic mass is 19.1. The third-order valence-corrected chi connectivity index (χ3v) is 5.69. The molecule has 2 aliphatic heterocycles. The summed E-state index contributed by atoms with van der Waals surface area (Å²) in [5, 5.41) is 0. The smallest absolute Gasteiger partial charge is 0.255 e. The zero-order chi connectivity index (χ0) is 20.4. The van der Waals surface area contributed by atoms with Crippen molar-refractivity contribution in [1.82, 2.24) is 9.88 Å². The number of ether oxygens (including phenoxy) is 1. The second kappa shape index (κ2) is 7.91. The number of pyridine rings is 1. The standard InChI is InChI=1S/C22H24FN3O3/c1-16-11-17(13-24-12-16)21(28)25-9-2-7-22(8-10-25)15-26(20(27)14-29-22)19-5-3-18(23)4-6-19/h3-6,11-13H,2,7-10,14-15H2,1H3. The lowest BCUT2D eigenvalue weighted by Crippen LogP contribution is -2.55. The van der Waals surface area contributed by atoms with Gasteiger partial charge < -0.3 is 14.5 Å². The lowest BCUT2D eigenvalue weighted by atomic mass is 9.92. The number of likely N-dealkylation sites (tertiary alicyclic amines) is 1. The summed E-state index contributed by atoms with van der Waals surface area (Å²) in [5.41, 5.74) is 1.71. The molecule has 6 nitrogen and oxygen atoms in total. The third-order valence-electron chi connectivity index (χ3n) is 5.69. The highest BCUT2D eigenvalue weighted by Gasteiger charge is 2.42. The first-order valence-electron chi connectivity index (χ1n) is 9.87. The van der Waals surface area contributed by atoms with Crippen molar-refractivity contribution in [3.05, 3.63) is 59.7 Å². The van der Waals surface area contributed by atoms with Crippen LogP contribution >= 0.6 is 0 Å². The molecule has 0 bridgehead atoms. The minimum atomic E-state index is -0.498. The van der Waals surface area contributed by atoms with E-state index < -0.39 is 5.60 Å². The van der Waals surface area contributed by atoms with Gasteiger partial charge in [0.2, 0.25) is 0 Å². The number of aromatic nitrogens is 1. The number of morpholine rings is 1. The normalized spacial score (nSPS) is 22.6. The Hall–Kier alpha value is -2.80. The number of carbonyl (C=O) groups is 2. The van der Waals surface area contributed by atoms with Crippen molar-refractivity contribution in [1.29, 1.82) is 0 Å². The van der Waals surface area contributed by atoms with Crippen molar-refractivity contribution in [2.75, 3.05) is 31.1 Å². The quantitative estimate of drug-likeness (QED) is 0.782. The first-order chi connectivity index (χ1) is 14.0. The van der Waals surface area contributed by atoms with Gasteiger partial charge in [-0.3, -0.25) is 14.6 Å². The van der Waals surface area contributed by atoms with E-state index in [0.717, 1.165) is 18.4 Å². The average molecular weight is 397 g/mol. The minimum absolute atomic E-state index is 0.00682. The van der Waals surface area contributed by atoms with E-state index in [1.54, 1.807) is 29.4 Å². The summed E-state index contributed by atoms with van der Waals surface area (Å²) in [7, 11) is 0. The highest BCUT2D eigenvalue weighted by molar-refractivity contribution is 5.95. The first-order valence-corrected chi connectivity index (χ1v) is 9.87. The van der Waals surface area contributed by atoms with Gasteiger partial charge in [-0.2, -0.15) is 0 Å². The number of anilines is 1. The van der Waals surface area contributed by atoms with Crippen molar-refractivity contribution < 1.29 is 18.7 Å². The molecule has 1 unspecified atom stereocenters. The number of aryl methyl sites for hydroxylation is 1. The molecule has 1 aromatic heterocycles. The molecule has 2 aromatic rings. The number of halogens is 1. The summed E-state index contributed by atoms with van der Waals surface area (Å²) in [6.45, 7) is 3.51. The molecule has 2 saturated heterocycles. The van der Waals surface area contributed by atoms with Crippen molar-refractivity contribution in [2.45, 2.75) is 31.8 Å². The number of rotatable bonds is 2. The lowest BCUT2D eigenvalue weighted by Gasteiger charge is -2.42. The van der Waals surface area contributed by atoms with Crippen LogP contribution in [0.3, 0.4) is 0 Å². The van der Waals surface area contributed by atoms with Crippen molar-refractivity contribution in [3.63, 3.8) is 0 Å². The third kappa shape index (κ3) is 4.15. The zero-order valence-electron chi connectivity index (χ0n) is 16.4. The van der Waals surface area contributed by atoms with Gasteiger partial charge >= 0.3 is 0 Å². The largest absolute Gasteiger partial charge is 0.363 e. The molecule has 0 N–H and O–H groups in total. The fraction of sp³-hybridized carbons (Fsp3) is 0.409. The van der Waals surface area contributed by atoms with E-state index in [-0.39, 0.29) is 24.2 Å². The maximum absolute atomic E-state index is 13.3. The Morgan fingerprint density at radius 1 is 1.17 bits per heavy atom. The molecule has 152 valence electrons. The Kier molecular flexibility index (Phi) is 5.32. The average Bonchev–Trinajstić information content (AvgIpc) is 2.93. The second-order valence-corrected chi connectivity index (χ2v) is 7.82. The number of nitrogens with zero attached hydrogens (tertiary/aromatic N) is 3. The van der Waals surface area contributed by atoms with Gasteiger partial charge in [-0.15, -0.1) is 0 Å². The van der Waals surface area contributed by atoms with Gasteiger partial charge in [0.1, 0.15) is 12.4 Å². The molecule has 0 aliphatic carbocycles. The summed E-state index contributed by atoms with van der Waals surface area (Å²) < 4.78 is 19.3. The summed E-state index contributed by atoms with van der Waals surface area (Å²) in [4.78, 5) is 32.9. The fourth-order valence-corrected chi connectivity index (χ4v) is 4.10. The van der Waals surface area contributed by atoms with Crippen molar-refractivity contribution >= 4 is 17.5 Å². The number of benzene rings is 1. The van der Waals surface area contributed by atoms with Crippen LogP contribution in [0, 0.1) is 12.7 Å². The van der Waals surface area contributed by atoms with E-state index in [9.17, 15) is 14.0 Å². The molecule has 1 aromatic carbocycles. The van der Waals surface area contributed by atoms with E-state index in [1.165, 1.54) is 12.1 Å². The van der Waals surface area contributed by atoms with Crippen LogP contribution in [-0.4, -0.2) is 53.5 Å². The van der Waals surface area contributed by atoms with E-state index >= 15 is 0 Å². The molecular formula is C22H24FN3O3. The Balaban J connectivity index is 1.48. The number of hydrogen-bond donors (Lipinski definition) is 0. The van der Waals surface area contributed by atoms with Crippen LogP contribution in [0.5, 0.6) is 0 Å². The molecule has 1 spiro atoms. The molecule has 0 radical (unpaired) electrons. The van der Waals surface area contributed by atoms with Gasteiger partial charge in [-0.25, -0.2) is 4.39 Å². The fourth-order valence-electron chi connectivity index (χ4n) is 4.10. The van der Waals surface area contributed by atoms with Crippen LogP contribution in [-0.2, 0) is 9.53 Å². The van der Waals surface area contributed by atoms with Crippen LogP contribution < -0.4 is 4.90 Å². The van der Waals surface area contributed by atoms with Crippen LogP contribution in [0.2, 0.25) is 0 Å². The Morgan fingerprint density at radius 2 is 1.97 bits per heavy atom. The molecule has 1 atom stereocenters. The van der Waals surface area contributed by atoms with Crippen LogP contribution in [0.4, 0.5) is 10.1 Å². The van der Waals surface area contributed by atoms with E-state index in [4.69, 9.17) is 4.74 Å². The summed E-state index contributed by atoms with van der Waals surface area (Å²) in [6, 6.07) is 7.79. The molecule has 2 aliphatic rings. The number of amides is 2. The maximum atomic E-state index is 13.3. The van der Waals surface area contributed by atoms with E-state index in [0.29, 0.717) is 37.3 Å². The summed E-state index contributed by atoms with van der Waals surface area (Å²) >= 11 is 0. The van der Waals surface area contributed by atoms with Gasteiger partial charge in [0.25, 0.3) is 11.8 Å². The molecule has 2 fully saturated rings. The second-order valence-electron chi connectivity index (χ2n) is 7.82. The van der Waals surface area contributed by atoms with Gasteiger partial charge in [-0.1, -0.05) is 0 Å². The highest BCUT2D eigenvalue weighted by Crippen LogP contribution is 2.33. The first kappa shape index (κ1) is 19.5. The number of hydrogen-bond acceptors (Lipinski definition) is 4. The van der Waals surface area contributed by atoms with Gasteiger partial charge in [-0.05, 0) is 62.1 Å². The molecule has 4 rings (SSSR count). The summed E-state index contributed by atoms with van der Waals surface area (Å²) in [5.74, 6) is -0.496. The molecule has 29 heavy (non-hydrogen) atoms. The molecule has 2 amide bonds. The molecule has 3 heterocycles. The van der Waals surface area contributed by atoms with E-state index in [1.807, 2.05) is 17.9 Å². The topological polar surface area (TPSA) is 62.7 Å². The Morgan fingerprint density at radius 3 is 2.72 bits per heavy atom. The Labute approximate surface area is 169 Å². The van der Waals surface area contributed by atoms with E-state index in [2.05, 4.69) is 4.98 Å². The zero-order valence-corrected chi connectivity index (χ0v) is 16.4. The van der Waals surface area contributed by atoms with Gasteiger partial charge in [0.05, 0.1) is 17.7 Å². The van der Waals surface area contributed by atoms with Gasteiger partial charge in [0.15, 0.2) is 0 Å². The minimum Gasteiger partial charge on any atom is -0.363 e. The molecular weight excluding hydrogens is 373 g/mol. The Bertz CT molecular complexity index is 918. The lowest BCUT2D eigenvalue weighted by molar-refractivity contribution is -0.140. The molecule has 0 saturated carbocycles. The monoisotopic (exact) mass is 397 g/mol. The van der Waals surface area contributed by atoms with Crippen LogP contribution in [0.15, 0.2) is 42.7 Å². The predicted octanol–water partition coefficient (Wildman–Crippen LogP) is 2.96. The van der Waals surface area contributed by atoms with Crippen molar-refractivity contribution in [2.24, 2.45) is 0 Å². The molecule has 7 heteroatoms. The maximum Gasteiger partial charge on any atom is 0.255 e. The van der Waals surface area contributed by atoms with Crippen molar-refractivity contribution in [3.8, 4) is 0 Å². The summed E-state index contributed by atoms with van der Waals surface area (Å²) in [6.07, 6.45) is 5.51. The number of carbonyl (C=O) groups excluding carboxylic acids is 2. The van der Waals surface area contributed by atoms with Gasteiger partial charge in [0, 0.05) is 31.2 Å². The van der Waals surface area contributed by atoms with Crippen LogP contribution in [0.25, 0.3) is 0 Å².